The molecule has 1 amide bonds. The molecule has 33 heavy (non-hydrogen) atoms. The molecule has 174 valence electrons. The summed E-state index contributed by atoms with van der Waals surface area (Å²) in [5.41, 5.74) is 0.00837. The Morgan fingerprint density at radius 3 is 2.67 bits per heavy atom. The summed E-state index contributed by atoms with van der Waals surface area (Å²) in [6.45, 7) is 2.53. The van der Waals surface area contributed by atoms with E-state index in [0.717, 1.165) is 23.5 Å². The minimum absolute atomic E-state index is 0.0240. The van der Waals surface area contributed by atoms with Crippen molar-refractivity contribution in [1.29, 1.82) is 0 Å². The lowest BCUT2D eigenvalue weighted by Gasteiger charge is -2.19. The first-order valence-electron chi connectivity index (χ1n) is 10.5. The Morgan fingerprint density at radius 2 is 1.94 bits per heavy atom. The van der Waals surface area contributed by atoms with Gasteiger partial charge in [0.15, 0.2) is 0 Å². The first kappa shape index (κ1) is 22.9. The highest BCUT2D eigenvalue weighted by Crippen LogP contribution is 2.31. The molecule has 0 spiro atoms. The number of nitrogens with one attached hydrogen (secondary N) is 1. The third-order valence-corrected chi connectivity index (χ3v) is 7.23. The summed E-state index contributed by atoms with van der Waals surface area (Å²) >= 11 is 0. The molecule has 0 radical (unpaired) electrons. The molecule has 0 aliphatic carbocycles. The van der Waals surface area contributed by atoms with Crippen molar-refractivity contribution >= 4 is 32.5 Å². The zero-order valence-corrected chi connectivity index (χ0v) is 18.8. The predicted octanol–water partition coefficient (Wildman–Crippen LogP) is 2.36. The number of fused-ring (bicyclic) bond motifs is 1. The molecule has 0 unspecified atom stereocenters. The molecule has 1 fully saturated rings. The van der Waals surface area contributed by atoms with E-state index in [1.807, 2.05) is 0 Å². The maximum Gasteiger partial charge on any atom is 0.261 e. The summed E-state index contributed by atoms with van der Waals surface area (Å²) in [6, 6.07) is 8.04. The number of carbonyl (C=O) groups excluding carboxylic acids is 1. The number of sulfonamides is 1. The van der Waals surface area contributed by atoms with Gasteiger partial charge in [-0.05, 0) is 56.2 Å². The van der Waals surface area contributed by atoms with Crippen LogP contribution in [0.15, 0.2) is 52.4 Å². The second kappa shape index (κ2) is 9.28. The van der Waals surface area contributed by atoms with E-state index in [2.05, 4.69) is 10.3 Å². The summed E-state index contributed by atoms with van der Waals surface area (Å²) in [4.78, 5) is 29.3. The van der Waals surface area contributed by atoms with E-state index in [1.165, 1.54) is 41.0 Å². The number of hydrogen-bond acceptors (Lipinski definition) is 6. The van der Waals surface area contributed by atoms with Crippen LogP contribution in [0.5, 0.6) is 5.75 Å². The molecule has 1 aromatic heterocycles. The van der Waals surface area contributed by atoms with Crippen molar-refractivity contribution in [2.24, 2.45) is 0 Å². The Balaban J connectivity index is 1.59. The zero-order valence-electron chi connectivity index (χ0n) is 18.0. The van der Waals surface area contributed by atoms with Crippen molar-refractivity contribution in [3.8, 4) is 5.75 Å². The van der Waals surface area contributed by atoms with Gasteiger partial charge in [-0.1, -0.05) is 0 Å². The van der Waals surface area contributed by atoms with Crippen LogP contribution in [0, 0.1) is 5.82 Å². The van der Waals surface area contributed by atoms with E-state index >= 15 is 0 Å². The van der Waals surface area contributed by atoms with E-state index in [4.69, 9.17) is 4.74 Å². The van der Waals surface area contributed by atoms with E-state index in [0.29, 0.717) is 18.6 Å². The Labute approximate surface area is 189 Å². The smallest absolute Gasteiger partial charge is 0.261 e. The molecule has 1 aliphatic rings. The quantitative estimate of drug-likeness (QED) is 0.563. The molecule has 1 N–H and O–H groups in total. The van der Waals surface area contributed by atoms with Gasteiger partial charge in [0.25, 0.3) is 5.56 Å². The van der Waals surface area contributed by atoms with Gasteiger partial charge >= 0.3 is 0 Å². The second-order valence-electron chi connectivity index (χ2n) is 7.59. The van der Waals surface area contributed by atoms with Crippen molar-refractivity contribution in [1.82, 2.24) is 13.9 Å². The third kappa shape index (κ3) is 4.74. The fourth-order valence-corrected chi connectivity index (χ4v) is 5.40. The zero-order chi connectivity index (χ0) is 23.6. The van der Waals surface area contributed by atoms with Gasteiger partial charge in [-0.25, -0.2) is 17.8 Å². The predicted molar refractivity (Wildman–Crippen MR) is 120 cm³/mol. The fourth-order valence-electron chi connectivity index (χ4n) is 3.73. The van der Waals surface area contributed by atoms with Crippen LogP contribution in [0.2, 0.25) is 0 Å². The van der Waals surface area contributed by atoms with Gasteiger partial charge in [-0.3, -0.25) is 14.2 Å². The Hall–Kier alpha value is -3.31. The van der Waals surface area contributed by atoms with E-state index in [1.54, 1.807) is 6.92 Å². The highest BCUT2D eigenvalue weighted by atomic mass is 32.2. The SMILES string of the molecule is CCOc1ccc(NC(=O)Cn2cnc3ccc(F)cc3c2=O)cc1S(=O)(=O)N1CCCC1. The van der Waals surface area contributed by atoms with E-state index in [9.17, 15) is 22.4 Å². The minimum Gasteiger partial charge on any atom is -0.492 e. The molecule has 9 nitrogen and oxygen atoms in total. The van der Waals surface area contributed by atoms with Crippen LogP contribution in [-0.4, -0.2) is 47.9 Å². The molecule has 0 bridgehead atoms. The third-order valence-electron chi connectivity index (χ3n) is 5.31. The van der Waals surface area contributed by atoms with E-state index < -0.39 is 27.3 Å². The lowest BCUT2D eigenvalue weighted by molar-refractivity contribution is -0.116. The summed E-state index contributed by atoms with van der Waals surface area (Å²) in [5.74, 6) is -0.938. The normalized spacial score (nSPS) is 14.5. The lowest BCUT2D eigenvalue weighted by Crippen LogP contribution is -2.29. The standard InChI is InChI=1S/C22H23FN4O5S/c1-2-32-19-8-6-16(12-20(19)33(30,31)27-9-3-4-10-27)25-21(28)13-26-14-24-18-7-5-15(23)11-17(18)22(26)29/h5-8,11-12,14H,2-4,9-10,13H2,1H3,(H,25,28). The van der Waals surface area contributed by atoms with Crippen LogP contribution in [0.25, 0.3) is 10.9 Å². The van der Waals surface area contributed by atoms with Gasteiger partial charge < -0.3 is 10.1 Å². The molecular formula is C22H23FN4O5S. The van der Waals surface area contributed by atoms with Crippen LogP contribution >= 0.6 is 0 Å². The number of halogens is 1. The number of anilines is 1. The molecule has 1 saturated heterocycles. The van der Waals surface area contributed by atoms with Gasteiger partial charge in [-0.15, -0.1) is 0 Å². The second-order valence-corrected chi connectivity index (χ2v) is 9.50. The van der Waals surface area contributed by atoms with Gasteiger partial charge in [0, 0.05) is 18.8 Å². The molecule has 4 rings (SSSR count). The number of nitrogens with zero attached hydrogens (tertiary/aromatic N) is 3. The summed E-state index contributed by atoms with van der Waals surface area (Å²) in [7, 11) is -3.79. The lowest BCUT2D eigenvalue weighted by atomic mass is 10.2. The number of aromatic nitrogens is 2. The maximum absolute atomic E-state index is 13.5. The molecule has 3 aromatic rings. The maximum atomic E-state index is 13.5. The van der Waals surface area contributed by atoms with Gasteiger partial charge in [0.1, 0.15) is 23.0 Å². The molecule has 0 atom stereocenters. The number of rotatable bonds is 7. The summed E-state index contributed by atoms with van der Waals surface area (Å²) < 4.78 is 47.7. The first-order valence-corrected chi connectivity index (χ1v) is 11.9. The van der Waals surface area contributed by atoms with Crippen LogP contribution in [0.3, 0.4) is 0 Å². The Bertz CT molecular complexity index is 1370. The highest BCUT2D eigenvalue weighted by Gasteiger charge is 2.30. The Kier molecular flexibility index (Phi) is 6.43. The van der Waals surface area contributed by atoms with Gasteiger partial charge in [0.05, 0.1) is 23.8 Å². The van der Waals surface area contributed by atoms with Crippen molar-refractivity contribution in [2.45, 2.75) is 31.2 Å². The van der Waals surface area contributed by atoms with Crippen molar-refractivity contribution < 1.29 is 22.3 Å². The van der Waals surface area contributed by atoms with Crippen molar-refractivity contribution in [3.05, 3.63) is 58.9 Å². The monoisotopic (exact) mass is 474 g/mol. The number of amides is 1. The van der Waals surface area contributed by atoms with Crippen molar-refractivity contribution in [2.75, 3.05) is 25.0 Å². The summed E-state index contributed by atoms with van der Waals surface area (Å²) in [5, 5.41) is 2.67. The fraction of sp³-hybridized carbons (Fsp3) is 0.318. The van der Waals surface area contributed by atoms with E-state index in [-0.39, 0.29) is 34.9 Å². The summed E-state index contributed by atoms with van der Waals surface area (Å²) in [6.07, 6.45) is 2.79. The highest BCUT2D eigenvalue weighted by molar-refractivity contribution is 7.89. The number of carbonyl (C=O) groups is 1. The Morgan fingerprint density at radius 1 is 1.18 bits per heavy atom. The molecule has 1 aliphatic heterocycles. The largest absolute Gasteiger partial charge is 0.492 e. The number of ether oxygens (including phenoxy) is 1. The molecule has 0 saturated carbocycles. The number of hydrogen-bond donors (Lipinski definition) is 1. The molecular weight excluding hydrogens is 451 g/mol. The van der Waals surface area contributed by atoms with Gasteiger partial charge in [-0.2, -0.15) is 4.31 Å². The van der Waals surface area contributed by atoms with Crippen molar-refractivity contribution in [3.63, 3.8) is 0 Å². The first-order chi connectivity index (χ1) is 15.8. The topological polar surface area (TPSA) is 111 Å². The molecule has 11 heteroatoms. The molecule has 2 aromatic carbocycles. The molecule has 2 heterocycles. The number of benzene rings is 2. The minimum atomic E-state index is -3.79. The van der Waals surface area contributed by atoms with Crippen LogP contribution in [-0.2, 0) is 21.4 Å². The average molecular weight is 475 g/mol. The van der Waals surface area contributed by atoms with Gasteiger partial charge in [0.2, 0.25) is 15.9 Å². The van der Waals surface area contributed by atoms with Crippen LogP contribution in [0.1, 0.15) is 19.8 Å². The van der Waals surface area contributed by atoms with Crippen LogP contribution < -0.4 is 15.6 Å². The van der Waals surface area contributed by atoms with Crippen LogP contribution in [0.4, 0.5) is 10.1 Å². The average Bonchev–Trinajstić information content (AvgIpc) is 3.33.